The van der Waals surface area contributed by atoms with Crippen molar-refractivity contribution in [3.8, 4) is 11.5 Å². The first-order chi connectivity index (χ1) is 16.4. The van der Waals surface area contributed by atoms with Crippen molar-refractivity contribution in [2.45, 2.75) is 26.4 Å². The van der Waals surface area contributed by atoms with E-state index in [0.29, 0.717) is 28.7 Å². The molecule has 0 saturated heterocycles. The molecule has 7 heteroatoms. The second-order valence-electron chi connectivity index (χ2n) is 8.30. The largest absolute Gasteiger partial charge is 0.504 e. The lowest BCUT2D eigenvalue weighted by Crippen LogP contribution is -2.29. The number of aryl methyl sites for hydroxylation is 1. The lowest BCUT2D eigenvalue weighted by Gasteiger charge is -2.25. The average molecular weight is 459 g/mol. The SMILES string of the molecule is CCOc1cc([C@H]2c3c(oc4ccc(C)cc4c3=O)C(=O)N2Cc2ccc(F)cc2)ccc1O. The smallest absolute Gasteiger partial charge is 0.291 e. The third-order valence-corrected chi connectivity index (χ3v) is 5.99. The Balaban J connectivity index is 1.72. The fourth-order valence-corrected chi connectivity index (χ4v) is 4.40. The van der Waals surface area contributed by atoms with Crippen LogP contribution in [0.1, 0.15) is 45.8 Å². The third-order valence-electron chi connectivity index (χ3n) is 5.99. The first kappa shape index (κ1) is 21.7. The van der Waals surface area contributed by atoms with Gasteiger partial charge in [-0.05, 0) is 61.4 Å². The van der Waals surface area contributed by atoms with Gasteiger partial charge in [0, 0.05) is 6.54 Å². The van der Waals surface area contributed by atoms with Gasteiger partial charge in [-0.2, -0.15) is 0 Å². The van der Waals surface area contributed by atoms with Gasteiger partial charge in [-0.3, -0.25) is 9.59 Å². The molecule has 1 atom stereocenters. The molecule has 1 N–H and O–H groups in total. The van der Waals surface area contributed by atoms with Crippen LogP contribution in [0.15, 0.2) is 69.9 Å². The molecule has 1 aliphatic rings. The summed E-state index contributed by atoms with van der Waals surface area (Å²) in [5.74, 6) is -0.617. The number of hydrogen-bond donors (Lipinski definition) is 1. The van der Waals surface area contributed by atoms with E-state index >= 15 is 0 Å². The highest BCUT2D eigenvalue weighted by molar-refractivity contribution is 5.99. The van der Waals surface area contributed by atoms with E-state index in [9.17, 15) is 19.1 Å². The molecule has 0 radical (unpaired) electrons. The van der Waals surface area contributed by atoms with Crippen LogP contribution >= 0.6 is 0 Å². The summed E-state index contributed by atoms with van der Waals surface area (Å²) < 4.78 is 25.0. The molecule has 4 aromatic rings. The Labute approximate surface area is 194 Å². The number of amides is 1. The summed E-state index contributed by atoms with van der Waals surface area (Å²) in [6.07, 6.45) is 0. The average Bonchev–Trinajstić information content (AvgIpc) is 3.09. The zero-order valence-electron chi connectivity index (χ0n) is 18.7. The number of halogens is 1. The van der Waals surface area contributed by atoms with Gasteiger partial charge in [0.25, 0.3) is 5.91 Å². The monoisotopic (exact) mass is 459 g/mol. The lowest BCUT2D eigenvalue weighted by molar-refractivity contribution is 0.0714. The zero-order valence-corrected chi connectivity index (χ0v) is 18.7. The van der Waals surface area contributed by atoms with Crippen molar-refractivity contribution < 1.29 is 23.4 Å². The first-order valence-corrected chi connectivity index (χ1v) is 11.0. The summed E-state index contributed by atoms with van der Waals surface area (Å²) in [6.45, 7) is 4.14. The maximum absolute atomic E-state index is 13.7. The highest BCUT2D eigenvalue weighted by Crippen LogP contribution is 2.41. The number of ether oxygens (including phenoxy) is 1. The van der Waals surface area contributed by atoms with Gasteiger partial charge in [0.2, 0.25) is 5.76 Å². The molecule has 1 amide bonds. The van der Waals surface area contributed by atoms with E-state index in [4.69, 9.17) is 9.15 Å². The van der Waals surface area contributed by atoms with Crippen LogP contribution in [0.5, 0.6) is 11.5 Å². The van der Waals surface area contributed by atoms with Gasteiger partial charge in [-0.1, -0.05) is 29.8 Å². The molecule has 3 aromatic carbocycles. The zero-order chi connectivity index (χ0) is 24.0. The predicted octanol–water partition coefficient (Wildman–Crippen LogP) is 5.09. The standard InChI is InChI=1S/C27H22FNO5/c1-3-33-22-13-17(7-10-20(22)30)24-23-25(31)19-12-15(2)4-11-21(19)34-26(23)27(32)29(24)14-16-5-8-18(28)9-6-16/h4-13,24,30H,3,14H2,1-2H3/t24-/m0/s1. The van der Waals surface area contributed by atoms with Gasteiger partial charge in [-0.25, -0.2) is 4.39 Å². The van der Waals surface area contributed by atoms with Crippen molar-refractivity contribution in [3.63, 3.8) is 0 Å². The Kier molecular flexibility index (Phi) is 5.32. The molecule has 0 unspecified atom stereocenters. The van der Waals surface area contributed by atoms with E-state index in [0.717, 1.165) is 5.56 Å². The van der Waals surface area contributed by atoms with Gasteiger partial charge in [0.05, 0.1) is 23.6 Å². The number of fused-ring (bicyclic) bond motifs is 2. The van der Waals surface area contributed by atoms with Crippen LogP contribution in [0.2, 0.25) is 0 Å². The van der Waals surface area contributed by atoms with Crippen LogP contribution in [-0.2, 0) is 6.54 Å². The number of rotatable bonds is 5. The molecule has 172 valence electrons. The summed E-state index contributed by atoms with van der Waals surface area (Å²) in [7, 11) is 0. The molecule has 0 bridgehead atoms. The van der Waals surface area contributed by atoms with Gasteiger partial charge in [0.1, 0.15) is 11.4 Å². The summed E-state index contributed by atoms with van der Waals surface area (Å²) in [5, 5.41) is 10.6. The molecule has 0 saturated carbocycles. The molecule has 0 aliphatic carbocycles. The molecular weight excluding hydrogens is 437 g/mol. The van der Waals surface area contributed by atoms with Crippen LogP contribution in [0.3, 0.4) is 0 Å². The number of benzene rings is 3. The highest BCUT2D eigenvalue weighted by atomic mass is 19.1. The Hall–Kier alpha value is -4.13. The molecule has 2 heterocycles. The minimum Gasteiger partial charge on any atom is -0.504 e. The Morgan fingerprint density at radius 3 is 2.56 bits per heavy atom. The molecule has 0 spiro atoms. The first-order valence-electron chi connectivity index (χ1n) is 11.0. The maximum atomic E-state index is 13.7. The molecule has 5 rings (SSSR count). The summed E-state index contributed by atoms with van der Waals surface area (Å²) in [4.78, 5) is 28.7. The topological polar surface area (TPSA) is 80.0 Å². The molecule has 34 heavy (non-hydrogen) atoms. The fourth-order valence-electron chi connectivity index (χ4n) is 4.40. The number of nitrogens with zero attached hydrogens (tertiary/aromatic N) is 1. The Bertz CT molecular complexity index is 1480. The van der Waals surface area contributed by atoms with Gasteiger partial charge in [-0.15, -0.1) is 0 Å². The van der Waals surface area contributed by atoms with E-state index in [1.165, 1.54) is 23.1 Å². The van der Waals surface area contributed by atoms with Crippen LogP contribution < -0.4 is 10.2 Å². The van der Waals surface area contributed by atoms with Gasteiger partial charge >= 0.3 is 0 Å². The van der Waals surface area contributed by atoms with E-state index < -0.39 is 11.9 Å². The van der Waals surface area contributed by atoms with Crippen molar-refractivity contribution in [2.24, 2.45) is 0 Å². The van der Waals surface area contributed by atoms with Crippen LogP contribution in [0.4, 0.5) is 4.39 Å². The maximum Gasteiger partial charge on any atom is 0.291 e. The lowest BCUT2D eigenvalue weighted by atomic mass is 9.97. The highest BCUT2D eigenvalue weighted by Gasteiger charge is 2.43. The van der Waals surface area contributed by atoms with E-state index in [1.54, 1.807) is 43.3 Å². The minimum atomic E-state index is -0.770. The molecule has 0 fully saturated rings. The van der Waals surface area contributed by atoms with E-state index in [-0.39, 0.29) is 40.6 Å². The number of carbonyl (C=O) groups excluding carboxylic acids is 1. The van der Waals surface area contributed by atoms with Crippen molar-refractivity contribution in [1.82, 2.24) is 4.90 Å². The Morgan fingerprint density at radius 2 is 1.82 bits per heavy atom. The number of phenolic OH excluding ortho intramolecular Hbond substituents is 1. The molecule has 6 nitrogen and oxygen atoms in total. The summed E-state index contributed by atoms with van der Waals surface area (Å²) in [5.41, 5.74) is 2.47. The second-order valence-corrected chi connectivity index (χ2v) is 8.30. The summed E-state index contributed by atoms with van der Waals surface area (Å²) >= 11 is 0. The van der Waals surface area contributed by atoms with Crippen molar-refractivity contribution in [3.05, 3.63) is 105 Å². The number of hydrogen-bond acceptors (Lipinski definition) is 5. The van der Waals surface area contributed by atoms with Crippen molar-refractivity contribution in [1.29, 1.82) is 0 Å². The van der Waals surface area contributed by atoms with Crippen molar-refractivity contribution in [2.75, 3.05) is 6.61 Å². The van der Waals surface area contributed by atoms with Gasteiger partial charge < -0.3 is 19.2 Å². The van der Waals surface area contributed by atoms with Crippen LogP contribution in [0.25, 0.3) is 11.0 Å². The quantitative estimate of drug-likeness (QED) is 0.450. The molecular formula is C27H22FNO5. The second kappa shape index (κ2) is 8.33. The number of carbonyl (C=O) groups is 1. The summed E-state index contributed by atoms with van der Waals surface area (Å²) in [6, 6.07) is 15.1. The molecule has 1 aromatic heterocycles. The fraction of sp³-hybridized carbons (Fsp3) is 0.185. The van der Waals surface area contributed by atoms with Crippen molar-refractivity contribution >= 4 is 16.9 Å². The van der Waals surface area contributed by atoms with E-state index in [1.807, 2.05) is 13.0 Å². The van der Waals surface area contributed by atoms with E-state index in [2.05, 4.69) is 0 Å². The van der Waals surface area contributed by atoms with Gasteiger partial charge in [0.15, 0.2) is 16.9 Å². The number of phenols is 1. The molecule has 1 aliphatic heterocycles. The Morgan fingerprint density at radius 1 is 1.06 bits per heavy atom. The third kappa shape index (κ3) is 3.59. The normalized spacial score (nSPS) is 15.1. The predicted molar refractivity (Wildman–Crippen MR) is 125 cm³/mol. The number of aromatic hydroxyl groups is 1. The minimum absolute atomic E-state index is 0.0144. The van der Waals surface area contributed by atoms with Crippen LogP contribution in [-0.4, -0.2) is 22.5 Å². The van der Waals surface area contributed by atoms with Crippen LogP contribution in [0, 0.1) is 12.7 Å².